The van der Waals surface area contributed by atoms with Crippen LogP contribution in [0.25, 0.3) is 0 Å². The van der Waals surface area contributed by atoms with Crippen LogP contribution < -0.4 is 4.74 Å². The van der Waals surface area contributed by atoms with Crippen LogP contribution in [0.2, 0.25) is 0 Å². The predicted octanol–water partition coefficient (Wildman–Crippen LogP) is 4.42. The molecule has 0 aliphatic carbocycles. The smallest absolute Gasteiger partial charge is 0.291 e. The molecule has 4 rings (SSSR count). The zero-order chi connectivity index (χ0) is 22.8. The van der Waals surface area contributed by atoms with Gasteiger partial charge in [-0.25, -0.2) is 0 Å². The number of methoxy groups -OCH3 is 1. The monoisotopic (exact) mass is 513 g/mol. The predicted molar refractivity (Wildman–Crippen MR) is 124 cm³/mol. The lowest BCUT2D eigenvalue weighted by molar-refractivity contribution is -0.140. The minimum Gasteiger partial charge on any atom is -0.503 e. The molecule has 1 amide bonds. The number of nitrogens with zero attached hydrogens (tertiary/aromatic N) is 1. The third-order valence-electron chi connectivity index (χ3n) is 5.55. The van der Waals surface area contributed by atoms with Gasteiger partial charge in [-0.1, -0.05) is 36.4 Å². The molecule has 164 valence electrons. The van der Waals surface area contributed by atoms with Crippen LogP contribution in [0, 0.1) is 5.92 Å². The molecule has 32 heavy (non-hydrogen) atoms. The lowest BCUT2D eigenvalue weighted by atomic mass is 9.88. The number of carbonyl (C=O) groups excluding carboxylic acids is 3. The van der Waals surface area contributed by atoms with E-state index in [-0.39, 0.29) is 23.8 Å². The second-order valence-electron chi connectivity index (χ2n) is 7.42. The summed E-state index contributed by atoms with van der Waals surface area (Å²) >= 11 is 4.54. The average molecular weight is 514 g/mol. The maximum Gasteiger partial charge on any atom is 0.291 e. The maximum atomic E-state index is 13.3. The van der Waals surface area contributed by atoms with Gasteiger partial charge in [0.15, 0.2) is 17.3 Å². The molecule has 1 aliphatic rings. The SMILES string of the molecule is COc1cc(C2C(C(=O)c3cccs3)C(=O)C(=O)N2CCc2ccccc2)cc(Br)c1O. The number of likely N-dealkylation sites (tertiary alicyclic amines) is 1. The van der Waals surface area contributed by atoms with Gasteiger partial charge >= 0.3 is 0 Å². The van der Waals surface area contributed by atoms with Crippen LogP contribution in [0.3, 0.4) is 0 Å². The van der Waals surface area contributed by atoms with Crippen LogP contribution in [0.15, 0.2) is 64.5 Å². The fourth-order valence-electron chi connectivity index (χ4n) is 3.99. The van der Waals surface area contributed by atoms with Crippen molar-refractivity contribution in [1.82, 2.24) is 4.90 Å². The second-order valence-corrected chi connectivity index (χ2v) is 9.22. The van der Waals surface area contributed by atoms with E-state index in [0.717, 1.165) is 5.56 Å². The summed E-state index contributed by atoms with van der Waals surface area (Å²) in [5, 5.41) is 12.0. The molecule has 8 heteroatoms. The van der Waals surface area contributed by atoms with E-state index in [1.54, 1.807) is 29.6 Å². The first-order chi connectivity index (χ1) is 15.4. The molecular weight excluding hydrogens is 494 g/mol. The number of Topliss-reactive ketones (excluding diaryl/α,β-unsaturated/α-hetero) is 2. The first kappa shape index (κ1) is 22.2. The molecule has 1 N–H and O–H groups in total. The zero-order valence-electron chi connectivity index (χ0n) is 17.2. The number of benzene rings is 2. The van der Waals surface area contributed by atoms with Gasteiger partial charge in [-0.3, -0.25) is 14.4 Å². The summed E-state index contributed by atoms with van der Waals surface area (Å²) in [7, 11) is 1.41. The lowest BCUT2D eigenvalue weighted by Crippen LogP contribution is -2.32. The third kappa shape index (κ3) is 4.08. The number of hydrogen-bond acceptors (Lipinski definition) is 6. The maximum absolute atomic E-state index is 13.3. The highest BCUT2D eigenvalue weighted by atomic mass is 79.9. The number of halogens is 1. The number of phenolic OH excluding ortho intramolecular Hbond substituents is 1. The molecule has 2 aromatic carbocycles. The number of hydrogen-bond donors (Lipinski definition) is 1. The molecule has 3 aromatic rings. The Morgan fingerprint density at radius 1 is 1.16 bits per heavy atom. The molecule has 0 bridgehead atoms. The summed E-state index contributed by atoms with van der Waals surface area (Å²) in [5.41, 5.74) is 1.55. The van der Waals surface area contributed by atoms with E-state index in [1.165, 1.54) is 23.3 Å². The van der Waals surface area contributed by atoms with Crippen molar-refractivity contribution in [1.29, 1.82) is 0 Å². The average Bonchev–Trinajstić information content (AvgIpc) is 3.42. The number of ether oxygens (including phenoxy) is 1. The molecule has 2 atom stereocenters. The highest BCUT2D eigenvalue weighted by Crippen LogP contribution is 2.44. The topological polar surface area (TPSA) is 83.9 Å². The van der Waals surface area contributed by atoms with Gasteiger partial charge in [-0.2, -0.15) is 0 Å². The standard InChI is InChI=1S/C24H20BrNO5S/c1-31-17-13-15(12-16(25)21(17)27)20-19(22(28)18-8-5-11-32-18)23(29)24(30)26(20)10-9-14-6-3-2-4-7-14/h2-8,11-13,19-20,27H,9-10H2,1H3. The molecule has 0 saturated carbocycles. The van der Waals surface area contributed by atoms with Gasteiger partial charge in [-0.15, -0.1) is 11.3 Å². The van der Waals surface area contributed by atoms with E-state index in [2.05, 4.69) is 15.9 Å². The summed E-state index contributed by atoms with van der Waals surface area (Å²) in [6.07, 6.45) is 0.534. The fraction of sp³-hybridized carbons (Fsp3) is 0.208. The lowest BCUT2D eigenvalue weighted by Gasteiger charge is -2.28. The summed E-state index contributed by atoms with van der Waals surface area (Å²) in [5.74, 6) is -2.85. The van der Waals surface area contributed by atoms with Crippen molar-refractivity contribution in [3.05, 3.63) is 80.5 Å². The van der Waals surface area contributed by atoms with Gasteiger partial charge in [0.2, 0.25) is 5.78 Å². The Bertz CT molecular complexity index is 1160. The number of rotatable bonds is 7. The van der Waals surface area contributed by atoms with E-state index in [0.29, 0.717) is 21.3 Å². The van der Waals surface area contributed by atoms with Gasteiger partial charge in [0.25, 0.3) is 5.91 Å². The summed E-state index contributed by atoms with van der Waals surface area (Å²) in [6, 6.07) is 15.4. The number of ketones is 2. The molecule has 2 unspecified atom stereocenters. The van der Waals surface area contributed by atoms with E-state index in [9.17, 15) is 19.5 Å². The van der Waals surface area contributed by atoms with E-state index in [1.807, 2.05) is 30.3 Å². The van der Waals surface area contributed by atoms with Crippen LogP contribution in [0.1, 0.15) is 26.8 Å². The number of phenols is 1. The number of thiophene rings is 1. The van der Waals surface area contributed by atoms with Gasteiger partial charge in [0.05, 0.1) is 22.5 Å². The quantitative estimate of drug-likeness (QED) is 0.287. The zero-order valence-corrected chi connectivity index (χ0v) is 19.6. The van der Waals surface area contributed by atoms with Crippen LogP contribution in [0.5, 0.6) is 11.5 Å². The summed E-state index contributed by atoms with van der Waals surface area (Å²) in [6.45, 7) is 0.272. The number of amides is 1. The Morgan fingerprint density at radius 3 is 2.56 bits per heavy atom. The first-order valence-electron chi connectivity index (χ1n) is 9.95. The molecule has 1 aromatic heterocycles. The van der Waals surface area contributed by atoms with Gasteiger partial charge in [0, 0.05) is 6.54 Å². The van der Waals surface area contributed by atoms with E-state index >= 15 is 0 Å². The Morgan fingerprint density at radius 2 is 1.91 bits per heavy atom. The minimum absolute atomic E-state index is 0.0936. The normalized spacial score (nSPS) is 18.2. The summed E-state index contributed by atoms with van der Waals surface area (Å²) in [4.78, 5) is 41.3. The Hall–Kier alpha value is -2.97. The van der Waals surface area contributed by atoms with Crippen LogP contribution in [-0.2, 0) is 16.0 Å². The Balaban J connectivity index is 1.77. The van der Waals surface area contributed by atoms with Crippen molar-refractivity contribution in [3.63, 3.8) is 0 Å². The van der Waals surface area contributed by atoms with Crippen molar-refractivity contribution in [3.8, 4) is 11.5 Å². The van der Waals surface area contributed by atoms with Crippen LogP contribution in [0.4, 0.5) is 0 Å². The van der Waals surface area contributed by atoms with Gasteiger partial charge in [0.1, 0.15) is 5.92 Å². The first-order valence-corrected chi connectivity index (χ1v) is 11.6. The highest BCUT2D eigenvalue weighted by Gasteiger charge is 2.51. The fourth-order valence-corrected chi connectivity index (χ4v) is 5.15. The molecular formula is C24H20BrNO5S. The van der Waals surface area contributed by atoms with Crippen molar-refractivity contribution in [2.75, 3.05) is 13.7 Å². The molecule has 2 heterocycles. The summed E-state index contributed by atoms with van der Waals surface area (Å²) < 4.78 is 5.61. The van der Waals surface area contributed by atoms with Crippen molar-refractivity contribution in [2.45, 2.75) is 12.5 Å². The highest BCUT2D eigenvalue weighted by molar-refractivity contribution is 9.10. The molecule has 1 aliphatic heterocycles. The Labute approximate surface area is 197 Å². The number of carbonyl (C=O) groups is 3. The Kier molecular flexibility index (Phi) is 6.43. The molecule has 0 radical (unpaired) electrons. The van der Waals surface area contributed by atoms with Crippen molar-refractivity contribution in [2.24, 2.45) is 5.92 Å². The van der Waals surface area contributed by atoms with Crippen molar-refractivity contribution >= 4 is 44.7 Å². The van der Waals surface area contributed by atoms with Gasteiger partial charge < -0.3 is 14.7 Å². The molecule has 6 nitrogen and oxygen atoms in total. The van der Waals surface area contributed by atoms with Crippen LogP contribution in [-0.4, -0.2) is 41.1 Å². The largest absolute Gasteiger partial charge is 0.503 e. The second kappa shape index (κ2) is 9.26. The van der Waals surface area contributed by atoms with Gasteiger partial charge in [-0.05, 0) is 57.1 Å². The number of aromatic hydroxyl groups is 1. The van der Waals surface area contributed by atoms with Crippen LogP contribution >= 0.6 is 27.3 Å². The van der Waals surface area contributed by atoms with E-state index < -0.39 is 23.7 Å². The van der Waals surface area contributed by atoms with Crippen molar-refractivity contribution < 1.29 is 24.2 Å². The molecule has 1 saturated heterocycles. The molecule has 1 fully saturated rings. The van der Waals surface area contributed by atoms with E-state index in [4.69, 9.17) is 4.74 Å². The molecule has 0 spiro atoms. The third-order valence-corrected chi connectivity index (χ3v) is 7.04. The minimum atomic E-state index is -1.17.